The van der Waals surface area contributed by atoms with Gasteiger partial charge in [-0.3, -0.25) is 9.59 Å². The standard InChI is InChI=1S/C18H18F3N3O2S/c1-3-8-27-17-23-16(26)14-11(9-13(25)22-15(14)24(17)2)10-6-4-5-7-12(10)18(19,20)21/h4-7,11H,3,8-9H2,1-2H3,(H,22,25)/t11-/m1/s1. The first-order valence-electron chi connectivity index (χ1n) is 8.43. The van der Waals surface area contributed by atoms with E-state index in [9.17, 15) is 22.8 Å². The molecule has 27 heavy (non-hydrogen) atoms. The Morgan fingerprint density at radius 3 is 2.67 bits per heavy atom. The maximum Gasteiger partial charge on any atom is 0.416 e. The lowest BCUT2D eigenvalue weighted by molar-refractivity contribution is -0.138. The molecule has 0 spiro atoms. The summed E-state index contributed by atoms with van der Waals surface area (Å²) in [6, 6.07) is 5.04. The number of carbonyl (C=O) groups is 1. The Labute approximate surface area is 158 Å². The van der Waals surface area contributed by atoms with E-state index < -0.39 is 29.1 Å². The molecule has 3 rings (SSSR count). The number of benzene rings is 1. The largest absolute Gasteiger partial charge is 0.416 e. The number of amides is 1. The lowest BCUT2D eigenvalue weighted by Gasteiger charge is -2.29. The fourth-order valence-electron chi connectivity index (χ4n) is 3.18. The molecule has 1 aliphatic rings. The highest BCUT2D eigenvalue weighted by molar-refractivity contribution is 7.99. The first-order valence-corrected chi connectivity index (χ1v) is 9.42. The molecule has 2 aromatic rings. The van der Waals surface area contributed by atoms with Gasteiger partial charge in [0.05, 0.1) is 11.1 Å². The number of hydrogen-bond donors (Lipinski definition) is 1. The van der Waals surface area contributed by atoms with Gasteiger partial charge in [0.15, 0.2) is 5.16 Å². The van der Waals surface area contributed by atoms with Crippen molar-refractivity contribution in [2.75, 3.05) is 11.1 Å². The number of thioether (sulfide) groups is 1. The van der Waals surface area contributed by atoms with E-state index in [2.05, 4.69) is 10.3 Å². The van der Waals surface area contributed by atoms with Crippen LogP contribution in [-0.4, -0.2) is 21.2 Å². The van der Waals surface area contributed by atoms with E-state index in [0.29, 0.717) is 5.16 Å². The van der Waals surface area contributed by atoms with Crippen LogP contribution in [0.3, 0.4) is 0 Å². The van der Waals surface area contributed by atoms with Crippen molar-refractivity contribution in [1.82, 2.24) is 9.55 Å². The summed E-state index contributed by atoms with van der Waals surface area (Å²) in [4.78, 5) is 29.0. The highest BCUT2D eigenvalue weighted by Crippen LogP contribution is 2.41. The van der Waals surface area contributed by atoms with Gasteiger partial charge in [0.25, 0.3) is 5.56 Å². The minimum Gasteiger partial charge on any atom is -0.312 e. The lowest BCUT2D eigenvalue weighted by atomic mass is 9.84. The van der Waals surface area contributed by atoms with Gasteiger partial charge < -0.3 is 9.88 Å². The molecule has 0 aliphatic carbocycles. The highest BCUT2D eigenvalue weighted by atomic mass is 32.2. The second-order valence-electron chi connectivity index (χ2n) is 6.26. The maximum atomic E-state index is 13.5. The van der Waals surface area contributed by atoms with E-state index in [1.54, 1.807) is 11.6 Å². The summed E-state index contributed by atoms with van der Waals surface area (Å²) < 4.78 is 41.9. The van der Waals surface area contributed by atoms with Crippen LogP contribution in [0.1, 0.15) is 42.4 Å². The molecule has 0 unspecified atom stereocenters. The van der Waals surface area contributed by atoms with Crippen LogP contribution in [-0.2, 0) is 18.0 Å². The molecule has 0 bridgehead atoms. The van der Waals surface area contributed by atoms with Gasteiger partial charge >= 0.3 is 6.18 Å². The van der Waals surface area contributed by atoms with Gasteiger partial charge in [-0.15, -0.1) is 0 Å². The van der Waals surface area contributed by atoms with Gasteiger partial charge in [0, 0.05) is 25.1 Å². The summed E-state index contributed by atoms with van der Waals surface area (Å²) in [5.74, 6) is -0.486. The van der Waals surface area contributed by atoms with Crippen molar-refractivity contribution in [2.24, 2.45) is 7.05 Å². The number of hydrogen-bond acceptors (Lipinski definition) is 4. The van der Waals surface area contributed by atoms with Crippen LogP contribution in [0.2, 0.25) is 0 Å². The monoisotopic (exact) mass is 397 g/mol. The van der Waals surface area contributed by atoms with Gasteiger partial charge in [-0.05, 0) is 18.1 Å². The third-order valence-corrected chi connectivity index (χ3v) is 5.61. The van der Waals surface area contributed by atoms with Crippen molar-refractivity contribution < 1.29 is 18.0 Å². The van der Waals surface area contributed by atoms with E-state index >= 15 is 0 Å². The number of nitrogens with zero attached hydrogens (tertiary/aromatic N) is 2. The van der Waals surface area contributed by atoms with Gasteiger partial charge in [-0.2, -0.15) is 18.2 Å². The Kier molecular flexibility index (Phi) is 5.32. The van der Waals surface area contributed by atoms with Crippen LogP contribution in [0, 0.1) is 0 Å². The van der Waals surface area contributed by atoms with Gasteiger partial charge in [-0.1, -0.05) is 36.9 Å². The van der Waals surface area contributed by atoms with Gasteiger partial charge in [-0.25, -0.2) is 0 Å². The Bertz CT molecular complexity index is 940. The van der Waals surface area contributed by atoms with E-state index in [1.165, 1.54) is 30.0 Å². The van der Waals surface area contributed by atoms with Crippen molar-refractivity contribution in [2.45, 2.75) is 37.0 Å². The first kappa shape index (κ1) is 19.5. The summed E-state index contributed by atoms with van der Waals surface area (Å²) in [6.45, 7) is 1.98. The van der Waals surface area contributed by atoms with E-state index in [4.69, 9.17) is 0 Å². The number of fused-ring (bicyclic) bond motifs is 1. The summed E-state index contributed by atoms with van der Waals surface area (Å²) in [6.07, 6.45) is -3.95. The van der Waals surface area contributed by atoms with Crippen LogP contribution in [0.25, 0.3) is 0 Å². The fourth-order valence-corrected chi connectivity index (χ4v) is 4.00. The third kappa shape index (κ3) is 3.73. The molecular weight excluding hydrogens is 379 g/mol. The number of alkyl halides is 3. The molecule has 0 fully saturated rings. The Balaban J connectivity index is 2.20. The Hall–Kier alpha value is -2.29. The van der Waals surface area contributed by atoms with E-state index in [-0.39, 0.29) is 23.4 Å². The number of halogens is 3. The second-order valence-corrected chi connectivity index (χ2v) is 7.32. The van der Waals surface area contributed by atoms with E-state index in [1.807, 2.05) is 6.92 Å². The first-order chi connectivity index (χ1) is 12.7. The predicted molar refractivity (Wildman–Crippen MR) is 97.0 cm³/mol. The average Bonchev–Trinajstić information content (AvgIpc) is 2.62. The van der Waals surface area contributed by atoms with Crippen LogP contribution in [0.15, 0.2) is 34.2 Å². The van der Waals surface area contributed by atoms with Crippen molar-refractivity contribution in [3.8, 4) is 0 Å². The van der Waals surface area contributed by atoms with Crippen LogP contribution in [0.5, 0.6) is 0 Å². The molecule has 1 amide bonds. The molecule has 1 aliphatic heterocycles. The van der Waals surface area contributed by atoms with E-state index in [0.717, 1.165) is 18.2 Å². The molecular formula is C18H18F3N3O2S. The number of carbonyl (C=O) groups excluding carboxylic acids is 1. The zero-order chi connectivity index (χ0) is 19.8. The molecule has 1 aromatic carbocycles. The number of anilines is 1. The smallest absolute Gasteiger partial charge is 0.312 e. The molecule has 0 radical (unpaired) electrons. The average molecular weight is 397 g/mol. The normalized spacial score (nSPS) is 16.8. The van der Waals surface area contributed by atoms with Gasteiger partial charge in [0.2, 0.25) is 5.91 Å². The minimum absolute atomic E-state index is 0.0889. The van der Waals surface area contributed by atoms with Crippen LogP contribution < -0.4 is 10.9 Å². The number of rotatable bonds is 4. The molecule has 0 saturated carbocycles. The molecule has 1 atom stereocenters. The summed E-state index contributed by atoms with van der Waals surface area (Å²) >= 11 is 1.36. The molecule has 0 saturated heterocycles. The maximum absolute atomic E-state index is 13.5. The topological polar surface area (TPSA) is 64.0 Å². The molecule has 1 N–H and O–H groups in total. The zero-order valence-electron chi connectivity index (χ0n) is 14.8. The summed E-state index contributed by atoms with van der Waals surface area (Å²) in [5, 5.41) is 3.06. The molecule has 144 valence electrons. The Morgan fingerprint density at radius 1 is 1.30 bits per heavy atom. The minimum atomic E-state index is -4.58. The van der Waals surface area contributed by atoms with Crippen molar-refractivity contribution in [3.63, 3.8) is 0 Å². The highest BCUT2D eigenvalue weighted by Gasteiger charge is 2.39. The molecule has 2 heterocycles. The summed E-state index contributed by atoms with van der Waals surface area (Å²) in [7, 11) is 1.64. The fraction of sp³-hybridized carbons (Fsp3) is 0.389. The lowest BCUT2D eigenvalue weighted by Crippen LogP contribution is -2.34. The number of nitrogens with one attached hydrogen (secondary N) is 1. The molecule has 9 heteroatoms. The zero-order valence-corrected chi connectivity index (χ0v) is 15.6. The van der Waals surface area contributed by atoms with Crippen molar-refractivity contribution in [3.05, 3.63) is 51.3 Å². The van der Waals surface area contributed by atoms with Crippen LogP contribution in [0.4, 0.5) is 19.0 Å². The van der Waals surface area contributed by atoms with Gasteiger partial charge in [0.1, 0.15) is 5.82 Å². The number of aromatic nitrogens is 2. The molecule has 1 aromatic heterocycles. The third-order valence-electron chi connectivity index (χ3n) is 4.38. The van der Waals surface area contributed by atoms with Crippen LogP contribution >= 0.6 is 11.8 Å². The quantitative estimate of drug-likeness (QED) is 0.630. The second kappa shape index (κ2) is 7.38. The Morgan fingerprint density at radius 2 is 2.00 bits per heavy atom. The molecule has 5 nitrogen and oxygen atoms in total. The summed E-state index contributed by atoms with van der Waals surface area (Å²) in [5.41, 5.74) is -1.45. The SMILES string of the molecule is CCCSc1nc(=O)c2c(n1C)NC(=O)C[C@@H]2c1ccccc1C(F)(F)F. The van der Waals surface area contributed by atoms with Crippen molar-refractivity contribution >= 4 is 23.5 Å². The van der Waals surface area contributed by atoms with Crippen molar-refractivity contribution in [1.29, 1.82) is 0 Å². The predicted octanol–water partition coefficient (Wildman–Crippen LogP) is 3.78.